The summed E-state index contributed by atoms with van der Waals surface area (Å²) in [5.41, 5.74) is 1.30. The fourth-order valence-electron chi connectivity index (χ4n) is 3.90. The monoisotopic (exact) mass is 385 g/mol. The van der Waals surface area contributed by atoms with Crippen LogP contribution in [0.15, 0.2) is 36.7 Å². The van der Waals surface area contributed by atoms with E-state index >= 15 is 0 Å². The third-order valence-electron chi connectivity index (χ3n) is 5.45. The summed E-state index contributed by atoms with van der Waals surface area (Å²) in [6, 6.07) is 5.66. The minimum atomic E-state index is -0.443. The van der Waals surface area contributed by atoms with Crippen molar-refractivity contribution < 1.29 is 14.0 Å². The molecular weight excluding hydrogens is 361 g/mol. The fraction of sp³-hybridized carbons (Fsp3) is 0.450. The number of carbonyl (C=O) groups is 2. The summed E-state index contributed by atoms with van der Waals surface area (Å²) < 4.78 is 15.4. The molecule has 148 valence electrons. The summed E-state index contributed by atoms with van der Waals surface area (Å²) in [5.74, 6) is -0.345. The SMILES string of the molecule is CC(C)C1NC(=O)C2CC(NCc3cnn(-c4ccccc4F)c3)CN2C1=O. The van der Waals surface area contributed by atoms with Crippen LogP contribution in [0.5, 0.6) is 0 Å². The van der Waals surface area contributed by atoms with Crippen molar-refractivity contribution >= 4 is 11.8 Å². The second-order valence-corrected chi connectivity index (χ2v) is 7.79. The van der Waals surface area contributed by atoms with Crippen molar-refractivity contribution in [2.45, 2.75) is 44.9 Å². The minimum absolute atomic E-state index is 0.00345. The first-order valence-corrected chi connectivity index (χ1v) is 9.56. The van der Waals surface area contributed by atoms with Crippen LogP contribution in [-0.2, 0) is 16.1 Å². The normalized spacial score (nSPS) is 24.6. The van der Waals surface area contributed by atoms with Crippen molar-refractivity contribution in [3.63, 3.8) is 0 Å². The molecule has 2 saturated heterocycles. The molecule has 2 fully saturated rings. The Labute approximate surface area is 162 Å². The van der Waals surface area contributed by atoms with Crippen LogP contribution in [0.2, 0.25) is 0 Å². The van der Waals surface area contributed by atoms with Gasteiger partial charge in [0.05, 0.1) is 6.20 Å². The average molecular weight is 385 g/mol. The molecule has 7 nitrogen and oxygen atoms in total. The molecule has 0 aliphatic carbocycles. The number of halogens is 1. The van der Waals surface area contributed by atoms with Gasteiger partial charge in [0.25, 0.3) is 0 Å². The highest BCUT2D eigenvalue weighted by atomic mass is 19.1. The van der Waals surface area contributed by atoms with E-state index in [0.29, 0.717) is 25.2 Å². The van der Waals surface area contributed by atoms with E-state index in [1.165, 1.54) is 10.7 Å². The third-order valence-corrected chi connectivity index (χ3v) is 5.45. The summed E-state index contributed by atoms with van der Waals surface area (Å²) in [5, 5.41) is 10.5. The molecule has 3 unspecified atom stereocenters. The standard InChI is InChI=1S/C20H24FN5O2/c1-12(2)18-20(28)25-11-14(7-17(25)19(27)24-18)22-8-13-9-23-26(10-13)16-6-4-3-5-15(16)21/h3-6,9-10,12,14,17-18,22H,7-8,11H2,1-2H3,(H,24,27). The highest BCUT2D eigenvalue weighted by molar-refractivity contribution is 5.97. The molecule has 28 heavy (non-hydrogen) atoms. The van der Waals surface area contributed by atoms with E-state index in [9.17, 15) is 14.0 Å². The minimum Gasteiger partial charge on any atom is -0.342 e. The van der Waals surface area contributed by atoms with E-state index < -0.39 is 12.1 Å². The third kappa shape index (κ3) is 3.40. The molecule has 2 aliphatic heterocycles. The smallest absolute Gasteiger partial charge is 0.246 e. The van der Waals surface area contributed by atoms with Crippen LogP contribution in [0.4, 0.5) is 4.39 Å². The van der Waals surface area contributed by atoms with Crippen molar-refractivity contribution in [3.05, 3.63) is 48.0 Å². The second kappa shape index (κ2) is 7.35. The number of amides is 2. The van der Waals surface area contributed by atoms with Gasteiger partial charge in [-0.2, -0.15) is 5.10 Å². The number of piperazine rings is 1. The van der Waals surface area contributed by atoms with Crippen LogP contribution in [0.3, 0.4) is 0 Å². The topological polar surface area (TPSA) is 79.3 Å². The summed E-state index contributed by atoms with van der Waals surface area (Å²) >= 11 is 0. The van der Waals surface area contributed by atoms with Crippen LogP contribution in [0.1, 0.15) is 25.8 Å². The molecule has 3 heterocycles. The van der Waals surface area contributed by atoms with Crippen molar-refractivity contribution in [1.29, 1.82) is 0 Å². The first-order valence-electron chi connectivity index (χ1n) is 9.56. The molecule has 2 aromatic rings. The van der Waals surface area contributed by atoms with Crippen molar-refractivity contribution in [2.75, 3.05) is 6.54 Å². The molecule has 2 aliphatic rings. The Bertz CT molecular complexity index is 896. The van der Waals surface area contributed by atoms with Crippen LogP contribution < -0.4 is 10.6 Å². The Morgan fingerprint density at radius 1 is 1.32 bits per heavy atom. The fourth-order valence-corrected chi connectivity index (χ4v) is 3.90. The number of rotatable bonds is 5. The molecule has 0 radical (unpaired) electrons. The molecule has 2 N–H and O–H groups in total. The van der Waals surface area contributed by atoms with Crippen molar-refractivity contribution in [3.8, 4) is 5.69 Å². The van der Waals surface area contributed by atoms with Gasteiger partial charge in [-0.05, 0) is 24.5 Å². The van der Waals surface area contributed by atoms with Gasteiger partial charge >= 0.3 is 0 Å². The number of nitrogens with one attached hydrogen (secondary N) is 2. The molecule has 3 atom stereocenters. The van der Waals surface area contributed by atoms with Gasteiger partial charge in [-0.15, -0.1) is 0 Å². The number of aromatic nitrogens is 2. The Morgan fingerprint density at radius 3 is 2.86 bits per heavy atom. The molecule has 0 spiro atoms. The van der Waals surface area contributed by atoms with Gasteiger partial charge < -0.3 is 15.5 Å². The van der Waals surface area contributed by atoms with E-state index in [1.807, 2.05) is 13.8 Å². The number of fused-ring (bicyclic) bond motifs is 1. The van der Waals surface area contributed by atoms with Crippen LogP contribution in [0, 0.1) is 11.7 Å². The van der Waals surface area contributed by atoms with Crippen molar-refractivity contribution in [1.82, 2.24) is 25.3 Å². The van der Waals surface area contributed by atoms with E-state index in [1.54, 1.807) is 35.5 Å². The Morgan fingerprint density at radius 2 is 2.11 bits per heavy atom. The maximum absolute atomic E-state index is 13.9. The van der Waals surface area contributed by atoms with E-state index in [-0.39, 0.29) is 29.6 Å². The number of hydrogen-bond acceptors (Lipinski definition) is 4. The largest absolute Gasteiger partial charge is 0.342 e. The quantitative estimate of drug-likeness (QED) is 0.811. The molecule has 2 amide bonds. The number of nitrogens with zero attached hydrogens (tertiary/aromatic N) is 3. The molecule has 0 saturated carbocycles. The first kappa shape index (κ1) is 18.6. The van der Waals surface area contributed by atoms with Gasteiger partial charge in [0.2, 0.25) is 11.8 Å². The maximum Gasteiger partial charge on any atom is 0.246 e. The predicted molar refractivity (Wildman–Crippen MR) is 101 cm³/mol. The lowest BCUT2D eigenvalue weighted by atomic mass is 9.98. The van der Waals surface area contributed by atoms with Gasteiger partial charge in [-0.1, -0.05) is 26.0 Å². The van der Waals surface area contributed by atoms with Crippen LogP contribution >= 0.6 is 0 Å². The lowest BCUT2D eigenvalue weighted by Gasteiger charge is -2.36. The zero-order chi connectivity index (χ0) is 19.8. The van der Waals surface area contributed by atoms with Gasteiger partial charge in [0, 0.05) is 30.9 Å². The van der Waals surface area contributed by atoms with Gasteiger partial charge in [-0.25, -0.2) is 9.07 Å². The number of carbonyl (C=O) groups excluding carboxylic acids is 2. The zero-order valence-electron chi connectivity index (χ0n) is 15.9. The Balaban J connectivity index is 1.39. The molecule has 1 aromatic carbocycles. The Hall–Kier alpha value is -2.74. The first-order chi connectivity index (χ1) is 13.4. The van der Waals surface area contributed by atoms with E-state index in [0.717, 1.165) is 5.56 Å². The second-order valence-electron chi connectivity index (χ2n) is 7.79. The maximum atomic E-state index is 13.9. The summed E-state index contributed by atoms with van der Waals surface area (Å²) in [7, 11) is 0. The lowest BCUT2D eigenvalue weighted by molar-refractivity contribution is -0.148. The van der Waals surface area contributed by atoms with E-state index in [4.69, 9.17) is 0 Å². The Kier molecular flexibility index (Phi) is 4.89. The van der Waals surface area contributed by atoms with Gasteiger partial charge in [0.15, 0.2) is 0 Å². The highest BCUT2D eigenvalue weighted by Crippen LogP contribution is 2.25. The molecule has 0 bridgehead atoms. The van der Waals surface area contributed by atoms with Gasteiger partial charge in [0.1, 0.15) is 23.6 Å². The highest BCUT2D eigenvalue weighted by Gasteiger charge is 2.46. The predicted octanol–water partition coefficient (Wildman–Crippen LogP) is 1.22. The average Bonchev–Trinajstić information content (AvgIpc) is 3.30. The zero-order valence-corrected chi connectivity index (χ0v) is 15.9. The van der Waals surface area contributed by atoms with Crippen LogP contribution in [0.25, 0.3) is 5.69 Å². The van der Waals surface area contributed by atoms with E-state index in [2.05, 4.69) is 15.7 Å². The number of hydrogen-bond donors (Lipinski definition) is 2. The number of para-hydroxylation sites is 1. The summed E-state index contributed by atoms with van der Waals surface area (Å²) in [4.78, 5) is 26.7. The summed E-state index contributed by atoms with van der Waals surface area (Å²) in [6.45, 7) is 4.91. The molecule has 1 aromatic heterocycles. The van der Waals surface area contributed by atoms with Crippen LogP contribution in [-0.4, -0.2) is 51.2 Å². The molecule has 4 rings (SSSR count). The molecular formula is C20H24FN5O2. The van der Waals surface area contributed by atoms with Crippen molar-refractivity contribution in [2.24, 2.45) is 5.92 Å². The van der Waals surface area contributed by atoms with Gasteiger partial charge in [-0.3, -0.25) is 9.59 Å². The molecule has 8 heteroatoms. The number of benzene rings is 1. The summed E-state index contributed by atoms with van der Waals surface area (Å²) in [6.07, 6.45) is 4.05. The lowest BCUT2D eigenvalue weighted by Crippen LogP contribution is -2.62.